The van der Waals surface area contributed by atoms with Gasteiger partial charge in [0.1, 0.15) is 0 Å². The smallest absolute Gasteiger partial charge is 0.307 e. The Morgan fingerprint density at radius 2 is 1.94 bits per heavy atom. The molecule has 1 saturated carbocycles. The number of esters is 1. The summed E-state index contributed by atoms with van der Waals surface area (Å²) < 4.78 is 4.49. The van der Waals surface area contributed by atoms with Gasteiger partial charge in [-0.1, -0.05) is 19.3 Å². The van der Waals surface area contributed by atoms with E-state index in [-0.39, 0.29) is 18.3 Å². The molecule has 1 amide bonds. The molecule has 0 unspecified atom stereocenters. The van der Waals surface area contributed by atoms with E-state index in [0.29, 0.717) is 18.9 Å². The largest absolute Gasteiger partial charge is 0.469 e. The van der Waals surface area contributed by atoms with Gasteiger partial charge in [-0.05, 0) is 18.8 Å². The van der Waals surface area contributed by atoms with E-state index < -0.39 is 0 Å². The molecular formula is C12H21NO3. The predicted molar refractivity (Wildman–Crippen MR) is 60.8 cm³/mol. The number of carbonyl (C=O) groups excluding carboxylic acids is 2. The molecule has 0 spiro atoms. The van der Waals surface area contributed by atoms with E-state index in [0.717, 1.165) is 0 Å². The maximum Gasteiger partial charge on any atom is 0.307 e. The summed E-state index contributed by atoms with van der Waals surface area (Å²) in [6.45, 7) is 0.387. The Hall–Kier alpha value is -1.06. The second-order valence-electron chi connectivity index (χ2n) is 4.38. The third-order valence-corrected chi connectivity index (χ3v) is 3.08. The first-order valence-electron chi connectivity index (χ1n) is 6.06. The van der Waals surface area contributed by atoms with E-state index in [9.17, 15) is 9.59 Å². The Balaban J connectivity index is 2.08. The van der Waals surface area contributed by atoms with Crippen LogP contribution in [0, 0.1) is 5.92 Å². The van der Waals surface area contributed by atoms with Crippen LogP contribution in [0.3, 0.4) is 0 Å². The SMILES string of the molecule is COC(=O)CCNC(=O)CC1CCCCC1. The van der Waals surface area contributed by atoms with Gasteiger partial charge in [-0.25, -0.2) is 0 Å². The van der Waals surface area contributed by atoms with Crippen molar-refractivity contribution >= 4 is 11.9 Å². The number of rotatable bonds is 5. The number of carbonyl (C=O) groups is 2. The number of nitrogens with one attached hydrogen (secondary N) is 1. The molecule has 0 aromatic carbocycles. The normalized spacial score (nSPS) is 16.8. The third-order valence-electron chi connectivity index (χ3n) is 3.08. The monoisotopic (exact) mass is 227 g/mol. The van der Waals surface area contributed by atoms with Gasteiger partial charge >= 0.3 is 5.97 Å². The topological polar surface area (TPSA) is 55.4 Å². The van der Waals surface area contributed by atoms with E-state index in [4.69, 9.17) is 0 Å². The van der Waals surface area contributed by atoms with E-state index in [2.05, 4.69) is 10.1 Å². The summed E-state index contributed by atoms with van der Waals surface area (Å²) in [7, 11) is 1.35. The molecule has 16 heavy (non-hydrogen) atoms. The van der Waals surface area contributed by atoms with E-state index in [1.54, 1.807) is 0 Å². The Bertz CT molecular complexity index is 234. The van der Waals surface area contributed by atoms with Crippen LogP contribution in [0.2, 0.25) is 0 Å². The zero-order chi connectivity index (χ0) is 11.8. The lowest BCUT2D eigenvalue weighted by Crippen LogP contribution is -2.28. The molecule has 0 aromatic rings. The van der Waals surface area contributed by atoms with Crippen LogP contribution in [0.4, 0.5) is 0 Å². The molecule has 0 saturated heterocycles. The molecule has 1 aliphatic rings. The van der Waals surface area contributed by atoms with Crippen LogP contribution in [0.1, 0.15) is 44.9 Å². The van der Waals surface area contributed by atoms with Crippen molar-refractivity contribution < 1.29 is 14.3 Å². The van der Waals surface area contributed by atoms with Crippen molar-refractivity contribution in [3.8, 4) is 0 Å². The Kier molecular flexibility index (Phi) is 5.90. The Morgan fingerprint density at radius 3 is 2.56 bits per heavy atom. The number of ether oxygens (including phenoxy) is 1. The molecule has 0 radical (unpaired) electrons. The maximum absolute atomic E-state index is 11.5. The predicted octanol–water partition coefficient (Wildman–Crippen LogP) is 1.64. The summed E-state index contributed by atoms with van der Waals surface area (Å²) in [6, 6.07) is 0. The lowest BCUT2D eigenvalue weighted by Gasteiger charge is -2.20. The van der Waals surface area contributed by atoms with Gasteiger partial charge in [-0.15, -0.1) is 0 Å². The van der Waals surface area contributed by atoms with Gasteiger partial charge in [0.05, 0.1) is 13.5 Å². The first kappa shape index (κ1) is 13.0. The molecule has 1 fully saturated rings. The molecule has 1 aliphatic carbocycles. The van der Waals surface area contributed by atoms with Crippen LogP contribution in [0.5, 0.6) is 0 Å². The fourth-order valence-electron chi connectivity index (χ4n) is 2.13. The average molecular weight is 227 g/mol. The number of hydrogen-bond acceptors (Lipinski definition) is 3. The molecule has 0 bridgehead atoms. The minimum atomic E-state index is -0.280. The molecular weight excluding hydrogens is 206 g/mol. The minimum Gasteiger partial charge on any atom is -0.469 e. The summed E-state index contributed by atoms with van der Waals surface area (Å²) in [6.07, 6.45) is 7.02. The highest BCUT2D eigenvalue weighted by Crippen LogP contribution is 2.25. The quantitative estimate of drug-likeness (QED) is 0.726. The molecule has 0 heterocycles. The average Bonchev–Trinajstić information content (AvgIpc) is 2.30. The van der Waals surface area contributed by atoms with Crippen LogP contribution in [-0.2, 0) is 14.3 Å². The third kappa shape index (κ3) is 5.14. The molecule has 0 aromatic heterocycles. The highest BCUT2D eigenvalue weighted by molar-refractivity contribution is 5.77. The maximum atomic E-state index is 11.5. The van der Waals surface area contributed by atoms with Crippen LogP contribution >= 0.6 is 0 Å². The van der Waals surface area contributed by atoms with Crippen molar-refractivity contribution in [3.05, 3.63) is 0 Å². The summed E-state index contributed by atoms with van der Waals surface area (Å²) >= 11 is 0. The second kappa shape index (κ2) is 7.25. The van der Waals surface area contributed by atoms with Gasteiger partial charge < -0.3 is 10.1 Å². The van der Waals surface area contributed by atoms with Gasteiger partial charge in [0, 0.05) is 13.0 Å². The van der Waals surface area contributed by atoms with Crippen molar-refractivity contribution in [2.75, 3.05) is 13.7 Å². The summed E-state index contributed by atoms with van der Waals surface area (Å²) in [5, 5.41) is 2.76. The van der Waals surface area contributed by atoms with Crippen LogP contribution in [0.25, 0.3) is 0 Å². The highest BCUT2D eigenvalue weighted by atomic mass is 16.5. The van der Waals surface area contributed by atoms with Gasteiger partial charge in [0.2, 0.25) is 5.91 Å². The Morgan fingerprint density at radius 1 is 1.25 bits per heavy atom. The second-order valence-corrected chi connectivity index (χ2v) is 4.38. The van der Waals surface area contributed by atoms with E-state index in [1.807, 2.05) is 0 Å². The van der Waals surface area contributed by atoms with Crippen LogP contribution in [-0.4, -0.2) is 25.5 Å². The first-order chi connectivity index (χ1) is 7.72. The van der Waals surface area contributed by atoms with Crippen molar-refractivity contribution in [3.63, 3.8) is 0 Å². The van der Waals surface area contributed by atoms with Gasteiger partial charge in [0.25, 0.3) is 0 Å². The van der Waals surface area contributed by atoms with Crippen LogP contribution in [0.15, 0.2) is 0 Å². The fourth-order valence-corrected chi connectivity index (χ4v) is 2.13. The minimum absolute atomic E-state index is 0.0656. The van der Waals surface area contributed by atoms with Crippen molar-refractivity contribution in [1.29, 1.82) is 0 Å². The van der Waals surface area contributed by atoms with E-state index >= 15 is 0 Å². The van der Waals surface area contributed by atoms with Crippen molar-refractivity contribution in [1.82, 2.24) is 5.32 Å². The van der Waals surface area contributed by atoms with Gasteiger partial charge in [-0.3, -0.25) is 9.59 Å². The van der Waals surface area contributed by atoms with Crippen LogP contribution < -0.4 is 5.32 Å². The first-order valence-corrected chi connectivity index (χ1v) is 6.06. The lowest BCUT2D eigenvalue weighted by molar-refractivity contribution is -0.140. The molecule has 0 atom stereocenters. The highest BCUT2D eigenvalue weighted by Gasteiger charge is 2.16. The van der Waals surface area contributed by atoms with Gasteiger partial charge in [0.15, 0.2) is 0 Å². The molecule has 4 nitrogen and oxygen atoms in total. The Labute approximate surface area is 96.7 Å². The standard InChI is InChI=1S/C12H21NO3/c1-16-12(15)7-8-13-11(14)9-10-5-3-2-4-6-10/h10H,2-9H2,1H3,(H,13,14). The molecule has 4 heteroatoms. The zero-order valence-electron chi connectivity index (χ0n) is 9.96. The molecule has 1 N–H and O–H groups in total. The lowest BCUT2D eigenvalue weighted by atomic mass is 9.87. The van der Waals surface area contributed by atoms with E-state index in [1.165, 1.54) is 39.2 Å². The molecule has 92 valence electrons. The summed E-state index contributed by atoms with van der Waals surface area (Å²) in [5.41, 5.74) is 0. The van der Waals surface area contributed by atoms with Crippen molar-refractivity contribution in [2.24, 2.45) is 5.92 Å². The molecule has 1 rings (SSSR count). The number of hydrogen-bond donors (Lipinski definition) is 1. The molecule has 0 aliphatic heterocycles. The fraction of sp³-hybridized carbons (Fsp3) is 0.833. The van der Waals surface area contributed by atoms with Crippen molar-refractivity contribution in [2.45, 2.75) is 44.9 Å². The number of methoxy groups -OCH3 is 1. The summed E-state index contributed by atoms with van der Waals surface area (Å²) in [4.78, 5) is 22.3. The number of amides is 1. The zero-order valence-corrected chi connectivity index (χ0v) is 9.96. The van der Waals surface area contributed by atoms with Gasteiger partial charge in [-0.2, -0.15) is 0 Å². The summed E-state index contributed by atoms with van der Waals surface area (Å²) in [5.74, 6) is 0.334.